The van der Waals surface area contributed by atoms with E-state index < -0.39 is 5.97 Å². The lowest BCUT2D eigenvalue weighted by atomic mass is 10.1. The Morgan fingerprint density at radius 1 is 1.53 bits per heavy atom. The fourth-order valence-electron chi connectivity index (χ4n) is 1.82. The zero-order chi connectivity index (χ0) is 12.6. The van der Waals surface area contributed by atoms with Gasteiger partial charge in [-0.1, -0.05) is 6.92 Å². The van der Waals surface area contributed by atoms with Crippen molar-refractivity contribution in [2.24, 2.45) is 0 Å². The molecule has 1 aromatic carbocycles. The number of benzene rings is 1. The van der Waals surface area contributed by atoms with Crippen LogP contribution in [0.5, 0.6) is 5.75 Å². The Morgan fingerprint density at radius 3 is 2.76 bits per heavy atom. The highest BCUT2D eigenvalue weighted by Crippen LogP contribution is 2.35. The maximum absolute atomic E-state index is 11.1. The molecular formula is C12H11BrO4. The molecule has 0 aliphatic heterocycles. The summed E-state index contributed by atoms with van der Waals surface area (Å²) in [4.78, 5) is 11.1. The second kappa shape index (κ2) is 4.41. The lowest BCUT2D eigenvalue weighted by Gasteiger charge is -2.01. The second-order valence-corrected chi connectivity index (χ2v) is 4.41. The van der Waals surface area contributed by atoms with Crippen LogP contribution in [-0.2, 0) is 6.42 Å². The number of aromatic carboxylic acids is 1. The van der Waals surface area contributed by atoms with E-state index in [2.05, 4.69) is 15.9 Å². The van der Waals surface area contributed by atoms with E-state index in [0.29, 0.717) is 27.8 Å². The fourth-order valence-corrected chi connectivity index (χ4v) is 2.34. The van der Waals surface area contributed by atoms with Gasteiger partial charge in [-0.3, -0.25) is 0 Å². The zero-order valence-corrected chi connectivity index (χ0v) is 11.0. The molecule has 0 amide bonds. The van der Waals surface area contributed by atoms with Crippen LogP contribution < -0.4 is 4.74 Å². The highest BCUT2D eigenvalue weighted by atomic mass is 79.9. The molecule has 0 spiro atoms. The van der Waals surface area contributed by atoms with Crippen molar-refractivity contribution < 1.29 is 19.1 Å². The summed E-state index contributed by atoms with van der Waals surface area (Å²) in [6.45, 7) is 1.89. The molecule has 4 nitrogen and oxygen atoms in total. The van der Waals surface area contributed by atoms with E-state index >= 15 is 0 Å². The fraction of sp³-hybridized carbons (Fsp3) is 0.250. The Balaban J connectivity index is 2.82. The number of furan rings is 1. The average Bonchev–Trinajstić information content (AvgIpc) is 2.67. The molecule has 2 aromatic rings. The molecule has 0 saturated heterocycles. The molecular weight excluding hydrogens is 288 g/mol. The van der Waals surface area contributed by atoms with Crippen LogP contribution in [-0.4, -0.2) is 18.2 Å². The number of fused-ring (bicyclic) bond motifs is 1. The molecule has 0 bridgehead atoms. The van der Waals surface area contributed by atoms with Crippen LogP contribution in [0.15, 0.2) is 21.0 Å². The molecule has 17 heavy (non-hydrogen) atoms. The molecule has 1 N–H and O–H groups in total. The molecule has 0 radical (unpaired) electrons. The van der Waals surface area contributed by atoms with Crippen molar-refractivity contribution in [3.05, 3.63) is 27.9 Å². The van der Waals surface area contributed by atoms with Gasteiger partial charge in [0.1, 0.15) is 11.3 Å². The molecule has 0 aliphatic carbocycles. The summed E-state index contributed by atoms with van der Waals surface area (Å²) in [5.74, 6) is -0.391. The maximum atomic E-state index is 11.1. The summed E-state index contributed by atoms with van der Waals surface area (Å²) >= 11 is 3.35. The average molecular weight is 299 g/mol. The standard InChI is InChI=1S/C12H11BrO4/c1-3-7-8-4-6(16-2)5-9(13)10(8)17-11(7)12(14)15/h4-5H,3H2,1-2H3,(H,14,15). The van der Waals surface area contributed by atoms with Gasteiger partial charge < -0.3 is 14.3 Å². The topological polar surface area (TPSA) is 59.7 Å². The van der Waals surface area contributed by atoms with Gasteiger partial charge in [-0.05, 0) is 34.5 Å². The quantitative estimate of drug-likeness (QED) is 0.942. The molecule has 5 heteroatoms. The van der Waals surface area contributed by atoms with E-state index in [1.54, 1.807) is 19.2 Å². The van der Waals surface area contributed by atoms with Gasteiger partial charge in [0.2, 0.25) is 5.76 Å². The third kappa shape index (κ3) is 1.91. The van der Waals surface area contributed by atoms with Gasteiger partial charge in [-0.2, -0.15) is 0 Å². The molecule has 0 aliphatic rings. The van der Waals surface area contributed by atoms with Gasteiger partial charge in [-0.25, -0.2) is 4.79 Å². The number of rotatable bonds is 3. The summed E-state index contributed by atoms with van der Waals surface area (Å²) in [6.07, 6.45) is 0.592. The van der Waals surface area contributed by atoms with E-state index in [4.69, 9.17) is 14.3 Å². The second-order valence-electron chi connectivity index (χ2n) is 3.55. The Bertz CT molecular complexity index is 586. The first kappa shape index (κ1) is 12.0. The van der Waals surface area contributed by atoms with E-state index in [1.807, 2.05) is 6.92 Å². The molecule has 0 saturated carbocycles. The molecule has 0 unspecified atom stereocenters. The number of methoxy groups -OCH3 is 1. The van der Waals surface area contributed by atoms with Gasteiger partial charge in [0.15, 0.2) is 0 Å². The summed E-state index contributed by atoms with van der Waals surface area (Å²) in [5, 5.41) is 9.85. The van der Waals surface area contributed by atoms with Crippen molar-refractivity contribution >= 4 is 32.9 Å². The Labute approximate surface area is 106 Å². The first-order valence-electron chi connectivity index (χ1n) is 5.10. The number of aryl methyl sites for hydroxylation is 1. The summed E-state index contributed by atoms with van der Waals surface area (Å²) in [6, 6.07) is 3.53. The molecule has 1 aromatic heterocycles. The molecule has 1 heterocycles. The first-order valence-corrected chi connectivity index (χ1v) is 5.90. The third-order valence-corrected chi connectivity index (χ3v) is 3.19. The van der Waals surface area contributed by atoms with E-state index in [1.165, 1.54) is 0 Å². The minimum Gasteiger partial charge on any atom is -0.497 e. The summed E-state index contributed by atoms with van der Waals surface area (Å²) in [5.41, 5.74) is 1.23. The van der Waals surface area contributed by atoms with Crippen LogP contribution in [0.3, 0.4) is 0 Å². The minimum absolute atomic E-state index is 0.00328. The Kier molecular flexibility index (Phi) is 3.11. The third-order valence-electron chi connectivity index (χ3n) is 2.60. The number of hydrogen-bond donors (Lipinski definition) is 1. The predicted octanol–water partition coefficient (Wildman–Crippen LogP) is 3.46. The van der Waals surface area contributed by atoms with Crippen molar-refractivity contribution in [3.63, 3.8) is 0 Å². The van der Waals surface area contributed by atoms with Crippen LogP contribution in [0.4, 0.5) is 0 Å². The smallest absolute Gasteiger partial charge is 0.372 e. The maximum Gasteiger partial charge on any atom is 0.372 e. The number of carbonyl (C=O) groups is 1. The number of halogens is 1. The van der Waals surface area contributed by atoms with Crippen LogP contribution in [0, 0.1) is 0 Å². The first-order chi connectivity index (χ1) is 8.08. The molecule has 2 rings (SSSR count). The van der Waals surface area contributed by atoms with Gasteiger partial charge in [0.05, 0.1) is 11.6 Å². The summed E-state index contributed by atoms with van der Waals surface area (Å²) < 4.78 is 11.2. The molecule has 0 fully saturated rings. The number of hydrogen-bond acceptors (Lipinski definition) is 3. The lowest BCUT2D eigenvalue weighted by Crippen LogP contribution is -1.97. The lowest BCUT2D eigenvalue weighted by molar-refractivity contribution is 0.0663. The van der Waals surface area contributed by atoms with Gasteiger partial charge in [0, 0.05) is 10.9 Å². The van der Waals surface area contributed by atoms with Crippen molar-refractivity contribution in [3.8, 4) is 5.75 Å². The SMILES string of the molecule is CCc1c(C(=O)O)oc2c(Br)cc(OC)cc12. The van der Waals surface area contributed by atoms with Crippen molar-refractivity contribution in [1.82, 2.24) is 0 Å². The zero-order valence-electron chi connectivity index (χ0n) is 9.41. The molecule has 0 atom stereocenters. The Morgan fingerprint density at radius 2 is 2.24 bits per heavy atom. The summed E-state index contributed by atoms with van der Waals surface area (Å²) in [7, 11) is 1.57. The van der Waals surface area contributed by atoms with Crippen LogP contribution >= 0.6 is 15.9 Å². The Hall–Kier alpha value is -1.49. The highest BCUT2D eigenvalue weighted by molar-refractivity contribution is 9.10. The van der Waals surface area contributed by atoms with Gasteiger partial charge >= 0.3 is 5.97 Å². The van der Waals surface area contributed by atoms with Crippen molar-refractivity contribution in [1.29, 1.82) is 0 Å². The van der Waals surface area contributed by atoms with Crippen molar-refractivity contribution in [2.75, 3.05) is 7.11 Å². The minimum atomic E-state index is -1.05. The number of carboxylic acid groups (broad SMARTS) is 1. The van der Waals surface area contributed by atoms with Crippen LogP contribution in [0.2, 0.25) is 0 Å². The number of ether oxygens (including phenoxy) is 1. The monoisotopic (exact) mass is 298 g/mol. The van der Waals surface area contributed by atoms with Gasteiger partial charge in [0.25, 0.3) is 0 Å². The van der Waals surface area contributed by atoms with Crippen LogP contribution in [0.25, 0.3) is 11.0 Å². The molecule has 90 valence electrons. The number of carboxylic acids is 1. The van der Waals surface area contributed by atoms with E-state index in [9.17, 15) is 4.79 Å². The highest BCUT2D eigenvalue weighted by Gasteiger charge is 2.20. The van der Waals surface area contributed by atoms with Gasteiger partial charge in [-0.15, -0.1) is 0 Å². The van der Waals surface area contributed by atoms with Crippen LogP contribution in [0.1, 0.15) is 23.0 Å². The van der Waals surface area contributed by atoms with Crippen molar-refractivity contribution in [2.45, 2.75) is 13.3 Å². The predicted molar refractivity (Wildman–Crippen MR) is 66.8 cm³/mol. The van der Waals surface area contributed by atoms with E-state index in [-0.39, 0.29) is 5.76 Å². The largest absolute Gasteiger partial charge is 0.497 e. The van der Waals surface area contributed by atoms with E-state index in [0.717, 1.165) is 5.39 Å². The normalized spacial score (nSPS) is 10.8.